The Morgan fingerprint density at radius 2 is 1.95 bits per heavy atom. The summed E-state index contributed by atoms with van der Waals surface area (Å²) in [5, 5.41) is 0. The summed E-state index contributed by atoms with van der Waals surface area (Å²) in [4.78, 5) is 31.9. The molecule has 3 aliphatic rings. The van der Waals surface area contributed by atoms with Crippen molar-refractivity contribution in [3.05, 3.63) is 0 Å². The van der Waals surface area contributed by atoms with Gasteiger partial charge in [0.05, 0.1) is 13.2 Å². The second-order valence-electron chi connectivity index (χ2n) is 4.85. The summed E-state index contributed by atoms with van der Waals surface area (Å²) in [6.45, 7) is 1.26. The van der Waals surface area contributed by atoms with Gasteiger partial charge < -0.3 is 14.5 Å². The average molecular weight is 316 g/mol. The number of hydrogen-bond acceptors (Lipinski definition) is 5. The van der Waals surface area contributed by atoms with Crippen molar-refractivity contribution >= 4 is 26.0 Å². The van der Waals surface area contributed by atoms with E-state index in [1.54, 1.807) is 0 Å². The van der Waals surface area contributed by atoms with E-state index in [1.807, 2.05) is 4.90 Å². The van der Waals surface area contributed by atoms with Crippen LogP contribution in [0.3, 0.4) is 0 Å². The van der Waals surface area contributed by atoms with Crippen molar-refractivity contribution in [2.75, 3.05) is 33.4 Å². The van der Waals surface area contributed by atoms with Crippen LogP contribution in [-0.4, -0.2) is 59.4 Å². The normalized spacial score (nSPS) is 34.2. The molecule has 0 spiro atoms. The Morgan fingerprint density at radius 3 is 2.37 bits per heavy atom. The lowest BCUT2D eigenvalue weighted by Gasteiger charge is -2.52. The van der Waals surface area contributed by atoms with E-state index in [-0.39, 0.29) is 37.3 Å². The van der Waals surface area contributed by atoms with Crippen LogP contribution < -0.4 is 0 Å². The second-order valence-corrected chi connectivity index (χ2v) is 6.09. The lowest BCUT2D eigenvalue weighted by molar-refractivity contribution is -0.157. The standard InChI is InChI=1S/C10H18NO6P.ClH/c1-16-6-10(7-17-18(13,14)15)9(12)8-2-4-11(10)5-3-8;/h8H,2-7H2,1H3,(H2,13,14,15);1H. The first-order valence-corrected chi connectivity index (χ1v) is 7.40. The van der Waals surface area contributed by atoms with E-state index in [9.17, 15) is 9.36 Å². The summed E-state index contributed by atoms with van der Waals surface area (Å²) in [6, 6.07) is 0. The second kappa shape index (κ2) is 6.18. The zero-order chi connectivity index (χ0) is 13.4. The quantitative estimate of drug-likeness (QED) is 0.699. The predicted octanol–water partition coefficient (Wildman–Crippen LogP) is 0.197. The molecule has 0 aliphatic carbocycles. The van der Waals surface area contributed by atoms with E-state index in [0.717, 1.165) is 25.9 Å². The average Bonchev–Trinajstić information content (AvgIpc) is 2.32. The molecule has 0 radical (unpaired) electrons. The van der Waals surface area contributed by atoms with Gasteiger partial charge in [0.1, 0.15) is 5.54 Å². The Morgan fingerprint density at radius 1 is 1.37 bits per heavy atom. The number of rotatable bonds is 5. The molecule has 0 aromatic rings. The molecule has 1 unspecified atom stereocenters. The van der Waals surface area contributed by atoms with Crippen molar-refractivity contribution < 1.29 is 28.4 Å². The third-order valence-electron chi connectivity index (χ3n) is 3.78. The van der Waals surface area contributed by atoms with Crippen molar-refractivity contribution in [1.82, 2.24) is 4.90 Å². The predicted molar refractivity (Wildman–Crippen MR) is 69.2 cm³/mol. The Bertz CT molecular complexity index is 380. The smallest absolute Gasteiger partial charge is 0.382 e. The molecular weight excluding hydrogens is 297 g/mol. The molecule has 3 fully saturated rings. The molecule has 19 heavy (non-hydrogen) atoms. The highest BCUT2D eigenvalue weighted by Crippen LogP contribution is 2.42. The SMILES string of the molecule is COCC1(COP(=O)(O)O)C(=O)C2CCN1CC2.Cl. The van der Waals surface area contributed by atoms with E-state index in [2.05, 4.69) is 4.52 Å². The molecule has 0 aromatic heterocycles. The first-order valence-electron chi connectivity index (χ1n) is 5.87. The van der Waals surface area contributed by atoms with Gasteiger partial charge in [0.25, 0.3) is 0 Å². The van der Waals surface area contributed by atoms with Crippen LogP contribution >= 0.6 is 20.2 Å². The van der Waals surface area contributed by atoms with Gasteiger partial charge >= 0.3 is 7.82 Å². The maximum atomic E-state index is 12.4. The zero-order valence-electron chi connectivity index (χ0n) is 10.7. The number of hydrogen-bond donors (Lipinski definition) is 2. The fourth-order valence-corrected chi connectivity index (χ4v) is 3.28. The fourth-order valence-electron chi connectivity index (χ4n) is 2.90. The number of piperidine rings is 3. The minimum absolute atomic E-state index is 0. The lowest BCUT2D eigenvalue weighted by Crippen LogP contribution is -2.69. The highest BCUT2D eigenvalue weighted by atomic mass is 35.5. The maximum absolute atomic E-state index is 12.4. The van der Waals surface area contributed by atoms with Crippen LogP contribution in [0, 0.1) is 5.92 Å². The number of methoxy groups -OCH3 is 1. The van der Waals surface area contributed by atoms with E-state index in [1.165, 1.54) is 7.11 Å². The summed E-state index contributed by atoms with van der Waals surface area (Å²) in [5.41, 5.74) is -1.03. The van der Waals surface area contributed by atoms with Crippen LogP contribution in [0.15, 0.2) is 0 Å². The number of ether oxygens (including phenoxy) is 1. The topological polar surface area (TPSA) is 96.3 Å². The third-order valence-corrected chi connectivity index (χ3v) is 4.25. The molecule has 112 valence electrons. The molecule has 3 saturated heterocycles. The molecule has 2 bridgehead atoms. The molecule has 0 saturated carbocycles. The first-order chi connectivity index (χ1) is 8.39. The van der Waals surface area contributed by atoms with Crippen molar-refractivity contribution in [2.24, 2.45) is 5.92 Å². The van der Waals surface area contributed by atoms with Gasteiger partial charge in [-0.15, -0.1) is 12.4 Å². The monoisotopic (exact) mass is 315 g/mol. The minimum Gasteiger partial charge on any atom is -0.382 e. The molecule has 9 heteroatoms. The Kier molecular flexibility index (Phi) is 5.54. The number of ketones is 1. The number of carbonyl (C=O) groups excluding carboxylic acids is 1. The summed E-state index contributed by atoms with van der Waals surface area (Å²) in [5.74, 6) is -0.0548. The molecule has 1 atom stereocenters. The van der Waals surface area contributed by atoms with Gasteiger partial charge in [-0.3, -0.25) is 14.2 Å². The highest BCUT2D eigenvalue weighted by Gasteiger charge is 2.54. The highest BCUT2D eigenvalue weighted by molar-refractivity contribution is 7.46. The van der Waals surface area contributed by atoms with Gasteiger partial charge in [-0.1, -0.05) is 0 Å². The van der Waals surface area contributed by atoms with Crippen LogP contribution in [0.4, 0.5) is 0 Å². The van der Waals surface area contributed by atoms with E-state index >= 15 is 0 Å². The van der Waals surface area contributed by atoms with E-state index in [4.69, 9.17) is 14.5 Å². The van der Waals surface area contributed by atoms with Crippen LogP contribution in [0.2, 0.25) is 0 Å². The lowest BCUT2D eigenvalue weighted by atomic mass is 9.74. The van der Waals surface area contributed by atoms with Gasteiger partial charge in [0, 0.05) is 13.0 Å². The molecule has 3 aliphatic heterocycles. The molecule has 3 rings (SSSR count). The molecule has 0 amide bonds. The van der Waals surface area contributed by atoms with Crippen molar-refractivity contribution in [3.63, 3.8) is 0 Å². The van der Waals surface area contributed by atoms with Crippen molar-refractivity contribution in [1.29, 1.82) is 0 Å². The number of carbonyl (C=O) groups is 1. The first kappa shape index (κ1) is 17.0. The molecular formula is C10H19ClNO6P. The molecule has 7 nitrogen and oxygen atoms in total. The van der Waals surface area contributed by atoms with Crippen LogP contribution in [0.5, 0.6) is 0 Å². The van der Waals surface area contributed by atoms with Crippen molar-refractivity contribution in [2.45, 2.75) is 18.4 Å². The summed E-state index contributed by atoms with van der Waals surface area (Å²) < 4.78 is 20.5. The number of fused-ring (bicyclic) bond motifs is 3. The number of nitrogens with zero attached hydrogens (tertiary/aromatic N) is 1. The summed E-state index contributed by atoms with van der Waals surface area (Å²) in [7, 11) is -3.11. The van der Waals surface area contributed by atoms with Gasteiger partial charge in [0.2, 0.25) is 0 Å². The van der Waals surface area contributed by atoms with Crippen molar-refractivity contribution in [3.8, 4) is 0 Å². The fraction of sp³-hybridized carbons (Fsp3) is 0.900. The molecule has 0 aromatic carbocycles. The Balaban J connectivity index is 0.00000180. The third kappa shape index (κ3) is 3.36. The van der Waals surface area contributed by atoms with Gasteiger partial charge in [0.15, 0.2) is 5.78 Å². The number of phosphoric acid groups is 1. The number of phosphoric ester groups is 1. The molecule has 3 heterocycles. The van der Waals surface area contributed by atoms with Gasteiger partial charge in [-0.2, -0.15) is 0 Å². The van der Waals surface area contributed by atoms with Gasteiger partial charge in [-0.05, 0) is 25.9 Å². The largest absolute Gasteiger partial charge is 0.469 e. The maximum Gasteiger partial charge on any atom is 0.469 e. The zero-order valence-corrected chi connectivity index (χ0v) is 12.4. The number of halogens is 1. The minimum atomic E-state index is -4.58. The van der Waals surface area contributed by atoms with Crippen LogP contribution in [-0.2, 0) is 18.6 Å². The van der Waals surface area contributed by atoms with Crippen LogP contribution in [0.25, 0.3) is 0 Å². The van der Waals surface area contributed by atoms with E-state index < -0.39 is 13.4 Å². The van der Waals surface area contributed by atoms with Gasteiger partial charge in [-0.25, -0.2) is 4.57 Å². The Labute approximate surface area is 117 Å². The van der Waals surface area contributed by atoms with Crippen LogP contribution in [0.1, 0.15) is 12.8 Å². The summed E-state index contributed by atoms with van der Waals surface area (Å²) >= 11 is 0. The summed E-state index contributed by atoms with van der Waals surface area (Å²) in [6.07, 6.45) is 1.61. The Hall–Kier alpha value is -0.0100. The van der Waals surface area contributed by atoms with E-state index in [0.29, 0.717) is 0 Å². The number of Topliss-reactive ketones (excluding diaryl/α,β-unsaturated/α-hetero) is 1. The molecule has 2 N–H and O–H groups in total.